The molecule has 0 spiro atoms. The summed E-state index contributed by atoms with van der Waals surface area (Å²) in [5.41, 5.74) is 0. The fraction of sp³-hybridized carbons (Fsp3) is 0.900. The average Bonchev–Trinajstić information content (AvgIpc) is 2.19. The van der Waals surface area contributed by atoms with Crippen molar-refractivity contribution in [2.45, 2.75) is 39.5 Å². The van der Waals surface area contributed by atoms with Crippen molar-refractivity contribution < 1.29 is 19.5 Å². The van der Waals surface area contributed by atoms with E-state index in [1.54, 1.807) is 0 Å². The predicted octanol–water partition coefficient (Wildman–Crippen LogP) is 1.95. The summed E-state index contributed by atoms with van der Waals surface area (Å²) >= 11 is 0. The van der Waals surface area contributed by atoms with Gasteiger partial charge in [-0.2, -0.15) is 0 Å². The van der Waals surface area contributed by atoms with Gasteiger partial charge >= 0.3 is 5.97 Å². The van der Waals surface area contributed by atoms with E-state index in [0.29, 0.717) is 18.9 Å². The van der Waals surface area contributed by atoms with Crippen LogP contribution in [-0.4, -0.2) is 24.3 Å². The lowest BCUT2D eigenvalue weighted by Gasteiger charge is -2.06. The molecule has 0 aliphatic heterocycles. The number of rotatable bonds is 9. The van der Waals surface area contributed by atoms with Gasteiger partial charge in [0.05, 0.1) is 13.2 Å². The second kappa shape index (κ2) is 8.94. The van der Waals surface area contributed by atoms with Crippen LogP contribution in [0.1, 0.15) is 39.5 Å². The van der Waals surface area contributed by atoms with Crippen LogP contribution in [0.3, 0.4) is 0 Å². The zero-order valence-corrected chi connectivity index (χ0v) is 9.81. The molecule has 94 valence electrons. The molecule has 16 heavy (non-hydrogen) atoms. The summed E-state index contributed by atoms with van der Waals surface area (Å²) in [6.45, 7) is 4.58. The number of esters is 1. The fourth-order valence-corrected chi connectivity index (χ4v) is 1.11. The van der Waals surface area contributed by atoms with Crippen LogP contribution in [0.5, 0.6) is 0 Å². The molecule has 0 aromatic heterocycles. The molecule has 6 nitrogen and oxygen atoms in total. The molecule has 0 aromatic carbocycles. The van der Waals surface area contributed by atoms with Crippen LogP contribution in [0.15, 0.2) is 0 Å². The third-order valence-electron chi connectivity index (χ3n) is 1.91. The number of carbonyl (C=O) groups is 1. The van der Waals surface area contributed by atoms with Gasteiger partial charge in [-0.3, -0.25) is 4.79 Å². The Kier molecular flexibility index (Phi) is 8.19. The van der Waals surface area contributed by atoms with Crippen molar-refractivity contribution in [3.05, 3.63) is 10.1 Å². The van der Waals surface area contributed by atoms with Crippen LogP contribution in [0, 0.1) is 16.0 Å². The Morgan fingerprint density at radius 1 is 1.31 bits per heavy atom. The summed E-state index contributed by atoms with van der Waals surface area (Å²) in [7, 11) is 0. The first-order valence-electron chi connectivity index (χ1n) is 5.45. The van der Waals surface area contributed by atoms with Gasteiger partial charge in [0.25, 0.3) is 5.09 Å². The normalized spacial score (nSPS) is 10.2. The van der Waals surface area contributed by atoms with Crippen LogP contribution in [0.25, 0.3) is 0 Å². The Morgan fingerprint density at radius 2 is 2.00 bits per heavy atom. The van der Waals surface area contributed by atoms with Crippen LogP contribution in [-0.2, 0) is 14.4 Å². The largest absolute Gasteiger partial charge is 0.466 e. The maximum Gasteiger partial charge on any atom is 0.305 e. The first kappa shape index (κ1) is 14.7. The number of carbonyl (C=O) groups excluding carboxylic acids is 1. The molecule has 0 aliphatic carbocycles. The number of ether oxygens (including phenoxy) is 1. The molecule has 0 unspecified atom stereocenters. The maximum absolute atomic E-state index is 11.1. The predicted molar refractivity (Wildman–Crippen MR) is 57.2 cm³/mol. The second-order valence-corrected chi connectivity index (χ2v) is 3.92. The molecular formula is C10H19NO5. The van der Waals surface area contributed by atoms with Gasteiger partial charge in [0, 0.05) is 6.42 Å². The molecule has 0 atom stereocenters. The summed E-state index contributed by atoms with van der Waals surface area (Å²) in [6, 6.07) is 0. The minimum Gasteiger partial charge on any atom is -0.466 e. The van der Waals surface area contributed by atoms with E-state index in [1.807, 2.05) is 0 Å². The van der Waals surface area contributed by atoms with Gasteiger partial charge in [-0.15, -0.1) is 10.1 Å². The Hall–Kier alpha value is -1.33. The Balaban J connectivity index is 3.28. The lowest BCUT2D eigenvalue weighted by Crippen LogP contribution is -2.09. The lowest BCUT2D eigenvalue weighted by atomic mass is 10.1. The van der Waals surface area contributed by atoms with Gasteiger partial charge in [-0.05, 0) is 25.2 Å². The smallest absolute Gasteiger partial charge is 0.305 e. The molecule has 0 N–H and O–H groups in total. The molecule has 0 amide bonds. The molecule has 0 heterocycles. The van der Waals surface area contributed by atoms with Crippen molar-refractivity contribution in [3.8, 4) is 0 Å². The zero-order chi connectivity index (χ0) is 12.4. The highest BCUT2D eigenvalue weighted by molar-refractivity contribution is 5.69. The molecule has 0 fully saturated rings. The first-order chi connectivity index (χ1) is 7.52. The summed E-state index contributed by atoms with van der Waals surface area (Å²) in [4.78, 5) is 24.9. The summed E-state index contributed by atoms with van der Waals surface area (Å²) in [5, 5.41) is 8.92. The van der Waals surface area contributed by atoms with E-state index in [9.17, 15) is 14.9 Å². The van der Waals surface area contributed by atoms with Crippen LogP contribution in [0.4, 0.5) is 0 Å². The van der Waals surface area contributed by atoms with Crippen molar-refractivity contribution in [1.29, 1.82) is 0 Å². The number of hydrogen-bond acceptors (Lipinski definition) is 5. The monoisotopic (exact) mass is 233 g/mol. The molecule has 0 aliphatic rings. The highest BCUT2D eigenvalue weighted by atomic mass is 16.9. The van der Waals surface area contributed by atoms with Gasteiger partial charge in [0.15, 0.2) is 0 Å². The Morgan fingerprint density at radius 3 is 2.56 bits per heavy atom. The summed E-state index contributed by atoms with van der Waals surface area (Å²) in [5.74, 6) is 0.280. The highest BCUT2D eigenvalue weighted by Crippen LogP contribution is 2.04. The van der Waals surface area contributed by atoms with Gasteiger partial charge < -0.3 is 9.57 Å². The third kappa shape index (κ3) is 10.7. The highest BCUT2D eigenvalue weighted by Gasteiger charge is 2.04. The van der Waals surface area contributed by atoms with Crippen molar-refractivity contribution in [2.24, 2.45) is 5.92 Å². The van der Waals surface area contributed by atoms with E-state index < -0.39 is 5.09 Å². The van der Waals surface area contributed by atoms with Gasteiger partial charge in [-0.25, -0.2) is 0 Å². The topological polar surface area (TPSA) is 78.7 Å². The van der Waals surface area contributed by atoms with E-state index in [0.717, 1.165) is 12.8 Å². The molecule has 6 heteroatoms. The minimum atomic E-state index is -0.867. The minimum absolute atomic E-state index is 0.0614. The molecule has 0 aromatic rings. The Bertz CT molecular complexity index is 217. The van der Waals surface area contributed by atoms with E-state index in [2.05, 4.69) is 18.7 Å². The van der Waals surface area contributed by atoms with Crippen LogP contribution >= 0.6 is 0 Å². The molecule has 0 saturated carbocycles. The first-order valence-corrected chi connectivity index (χ1v) is 5.45. The van der Waals surface area contributed by atoms with E-state index in [-0.39, 0.29) is 19.0 Å². The maximum atomic E-state index is 11.1. The quantitative estimate of drug-likeness (QED) is 0.263. The van der Waals surface area contributed by atoms with E-state index in [1.165, 1.54) is 0 Å². The van der Waals surface area contributed by atoms with E-state index >= 15 is 0 Å². The van der Waals surface area contributed by atoms with Crippen molar-refractivity contribution >= 4 is 5.97 Å². The summed E-state index contributed by atoms with van der Waals surface area (Å²) in [6.07, 6.45) is 2.35. The summed E-state index contributed by atoms with van der Waals surface area (Å²) < 4.78 is 4.94. The van der Waals surface area contributed by atoms with Crippen molar-refractivity contribution in [3.63, 3.8) is 0 Å². The molecule has 0 saturated heterocycles. The molecule has 0 bridgehead atoms. The molecule has 0 radical (unpaired) electrons. The molecular weight excluding hydrogens is 214 g/mol. The average molecular weight is 233 g/mol. The van der Waals surface area contributed by atoms with Crippen LogP contribution < -0.4 is 0 Å². The number of hydrogen-bond donors (Lipinski definition) is 0. The van der Waals surface area contributed by atoms with Crippen molar-refractivity contribution in [1.82, 2.24) is 0 Å². The SMILES string of the molecule is CC(C)CCCOC(=O)CCCO[N+](=O)[O-]. The standard InChI is InChI=1S/C10H19NO5/c1-9(2)5-3-7-15-10(12)6-4-8-16-11(13)14/h9H,3-8H2,1-2H3. The van der Waals surface area contributed by atoms with Crippen LogP contribution in [0.2, 0.25) is 0 Å². The number of nitrogens with zero attached hydrogens (tertiary/aromatic N) is 1. The zero-order valence-electron chi connectivity index (χ0n) is 9.81. The lowest BCUT2D eigenvalue weighted by molar-refractivity contribution is -0.757. The Labute approximate surface area is 95.0 Å². The van der Waals surface area contributed by atoms with Crippen molar-refractivity contribution in [2.75, 3.05) is 13.2 Å². The molecule has 0 rings (SSSR count). The van der Waals surface area contributed by atoms with Gasteiger partial charge in [-0.1, -0.05) is 13.8 Å². The third-order valence-corrected chi connectivity index (χ3v) is 1.91. The van der Waals surface area contributed by atoms with Gasteiger partial charge in [0.1, 0.15) is 0 Å². The second-order valence-electron chi connectivity index (χ2n) is 3.92. The fourth-order valence-electron chi connectivity index (χ4n) is 1.11. The van der Waals surface area contributed by atoms with Gasteiger partial charge in [0.2, 0.25) is 0 Å². The van der Waals surface area contributed by atoms with E-state index in [4.69, 9.17) is 4.74 Å².